The third-order valence-corrected chi connectivity index (χ3v) is 3.35. The Morgan fingerprint density at radius 3 is 2.81 bits per heavy atom. The normalized spacial score (nSPS) is 10.6. The van der Waals surface area contributed by atoms with Gasteiger partial charge in [0.05, 0.1) is 18.9 Å². The molecule has 0 bridgehead atoms. The Morgan fingerprint density at radius 1 is 1.33 bits per heavy atom. The number of phenols is 1. The molecular formula is C15H13IN2O3. The van der Waals surface area contributed by atoms with Crippen LogP contribution in [0.3, 0.4) is 0 Å². The smallest absolute Gasteiger partial charge is 0.275 e. The molecule has 0 saturated heterocycles. The lowest BCUT2D eigenvalue weighted by molar-refractivity contribution is 0.0952. The number of amides is 1. The zero-order chi connectivity index (χ0) is 15.2. The van der Waals surface area contributed by atoms with Crippen LogP contribution in [-0.4, -0.2) is 24.3 Å². The fourth-order valence-electron chi connectivity index (χ4n) is 1.64. The number of benzene rings is 2. The molecule has 2 rings (SSSR count). The van der Waals surface area contributed by atoms with E-state index in [9.17, 15) is 9.90 Å². The molecule has 0 spiro atoms. The van der Waals surface area contributed by atoms with Crippen LogP contribution in [0.4, 0.5) is 0 Å². The first-order valence-corrected chi connectivity index (χ1v) is 7.14. The summed E-state index contributed by atoms with van der Waals surface area (Å²) in [5.74, 6) is -0.167. The lowest BCUT2D eigenvalue weighted by Crippen LogP contribution is -2.17. The van der Waals surface area contributed by atoms with Crippen LogP contribution in [0.2, 0.25) is 0 Å². The average Bonchev–Trinajstić information content (AvgIpc) is 2.47. The molecule has 0 aliphatic rings. The second kappa shape index (κ2) is 7.07. The Morgan fingerprint density at radius 2 is 2.14 bits per heavy atom. The lowest BCUT2D eigenvalue weighted by Gasteiger charge is -2.05. The van der Waals surface area contributed by atoms with Crippen LogP contribution in [0.1, 0.15) is 15.9 Å². The van der Waals surface area contributed by atoms with Crippen molar-refractivity contribution in [3.8, 4) is 11.5 Å². The molecule has 0 fully saturated rings. The van der Waals surface area contributed by atoms with Crippen LogP contribution in [0.5, 0.6) is 11.5 Å². The first kappa shape index (κ1) is 15.3. The quantitative estimate of drug-likeness (QED) is 0.475. The van der Waals surface area contributed by atoms with Gasteiger partial charge in [-0.1, -0.05) is 12.1 Å². The van der Waals surface area contributed by atoms with Crippen LogP contribution in [0.15, 0.2) is 47.6 Å². The molecular weight excluding hydrogens is 383 g/mol. The highest BCUT2D eigenvalue weighted by Gasteiger charge is 2.10. The molecule has 0 aromatic heterocycles. The van der Waals surface area contributed by atoms with Gasteiger partial charge in [-0.2, -0.15) is 5.10 Å². The number of aromatic hydroxyl groups is 1. The molecule has 0 atom stereocenters. The van der Waals surface area contributed by atoms with E-state index in [1.807, 2.05) is 24.3 Å². The highest BCUT2D eigenvalue weighted by atomic mass is 127. The summed E-state index contributed by atoms with van der Waals surface area (Å²) in [5.41, 5.74) is 3.38. The molecule has 2 aromatic rings. The predicted molar refractivity (Wildman–Crippen MR) is 88.9 cm³/mol. The van der Waals surface area contributed by atoms with Crippen LogP contribution in [0, 0.1) is 3.57 Å². The Hall–Kier alpha value is -2.09. The number of hydrogen-bond acceptors (Lipinski definition) is 4. The van der Waals surface area contributed by atoms with Crippen molar-refractivity contribution in [2.45, 2.75) is 0 Å². The van der Waals surface area contributed by atoms with Gasteiger partial charge in [0.2, 0.25) is 0 Å². The van der Waals surface area contributed by atoms with Crippen LogP contribution in [0.25, 0.3) is 0 Å². The number of hydrazone groups is 1. The zero-order valence-electron chi connectivity index (χ0n) is 11.2. The van der Waals surface area contributed by atoms with Gasteiger partial charge in [0.1, 0.15) is 11.5 Å². The largest absolute Gasteiger partial charge is 0.507 e. The first-order chi connectivity index (χ1) is 10.1. The minimum absolute atomic E-state index is 0.135. The van der Waals surface area contributed by atoms with E-state index in [4.69, 9.17) is 4.74 Å². The zero-order valence-corrected chi connectivity index (χ0v) is 13.4. The van der Waals surface area contributed by atoms with Crippen molar-refractivity contribution >= 4 is 34.7 Å². The summed E-state index contributed by atoms with van der Waals surface area (Å²) in [6, 6.07) is 12.1. The third kappa shape index (κ3) is 4.19. The van der Waals surface area contributed by atoms with Gasteiger partial charge in [-0.15, -0.1) is 0 Å². The van der Waals surface area contributed by atoms with Gasteiger partial charge >= 0.3 is 0 Å². The number of nitrogens with zero attached hydrogens (tertiary/aromatic N) is 1. The number of rotatable bonds is 4. The second-order valence-corrected chi connectivity index (χ2v) is 5.38. The summed E-state index contributed by atoms with van der Waals surface area (Å²) in [6.07, 6.45) is 1.54. The minimum atomic E-state index is -0.489. The Labute approximate surface area is 135 Å². The monoisotopic (exact) mass is 396 g/mol. The number of hydrogen-bond donors (Lipinski definition) is 2. The number of carbonyl (C=O) groups is 1. The second-order valence-electron chi connectivity index (χ2n) is 4.14. The standard InChI is InChI=1S/C15H13IN2O3/c1-21-12-5-6-13(14(19)8-12)15(20)18-17-9-10-3-2-4-11(16)7-10/h2-9,19H,1H3,(H,18,20)/b17-9-. The van der Waals surface area contributed by atoms with Crippen molar-refractivity contribution < 1.29 is 14.6 Å². The van der Waals surface area contributed by atoms with Gasteiger partial charge in [-0.3, -0.25) is 4.79 Å². The van der Waals surface area contributed by atoms with Crippen LogP contribution >= 0.6 is 22.6 Å². The van der Waals surface area contributed by atoms with Crippen molar-refractivity contribution in [3.05, 3.63) is 57.2 Å². The summed E-state index contributed by atoms with van der Waals surface area (Å²) >= 11 is 2.20. The summed E-state index contributed by atoms with van der Waals surface area (Å²) < 4.78 is 6.04. The van der Waals surface area contributed by atoms with Crippen molar-refractivity contribution in [2.75, 3.05) is 7.11 Å². The summed E-state index contributed by atoms with van der Waals surface area (Å²) in [6.45, 7) is 0. The molecule has 2 N–H and O–H groups in total. The van der Waals surface area contributed by atoms with Crippen molar-refractivity contribution in [1.29, 1.82) is 0 Å². The summed E-state index contributed by atoms with van der Waals surface area (Å²) in [4.78, 5) is 11.9. The molecule has 0 aliphatic carbocycles. The number of methoxy groups -OCH3 is 1. The van der Waals surface area contributed by atoms with Gasteiger partial charge in [0.25, 0.3) is 5.91 Å². The van der Waals surface area contributed by atoms with Crippen molar-refractivity contribution in [1.82, 2.24) is 5.43 Å². The molecule has 0 aliphatic heterocycles. The molecule has 0 saturated carbocycles. The maximum atomic E-state index is 11.9. The van der Waals surface area contributed by atoms with E-state index in [0.29, 0.717) is 5.75 Å². The Kier molecular flexibility index (Phi) is 5.15. The van der Waals surface area contributed by atoms with E-state index in [0.717, 1.165) is 9.13 Å². The fourth-order valence-corrected chi connectivity index (χ4v) is 2.21. The van der Waals surface area contributed by atoms with E-state index in [-0.39, 0.29) is 11.3 Å². The summed E-state index contributed by atoms with van der Waals surface area (Å²) in [7, 11) is 1.49. The van der Waals surface area contributed by atoms with E-state index >= 15 is 0 Å². The molecule has 0 unspecified atom stereocenters. The Balaban J connectivity index is 2.05. The number of halogens is 1. The summed E-state index contributed by atoms with van der Waals surface area (Å²) in [5, 5.41) is 13.6. The minimum Gasteiger partial charge on any atom is -0.507 e. The van der Waals surface area contributed by atoms with Gasteiger partial charge in [-0.25, -0.2) is 5.43 Å². The molecule has 108 valence electrons. The molecule has 1 amide bonds. The first-order valence-electron chi connectivity index (χ1n) is 6.06. The average molecular weight is 396 g/mol. The van der Waals surface area contributed by atoms with Gasteiger partial charge < -0.3 is 9.84 Å². The SMILES string of the molecule is COc1ccc(C(=O)N/N=C\c2cccc(I)c2)c(O)c1. The maximum absolute atomic E-state index is 11.9. The van der Waals surface area contributed by atoms with E-state index in [2.05, 4.69) is 33.1 Å². The van der Waals surface area contributed by atoms with Gasteiger partial charge in [0.15, 0.2) is 0 Å². The van der Waals surface area contributed by atoms with Crippen LogP contribution < -0.4 is 10.2 Å². The highest BCUT2D eigenvalue weighted by molar-refractivity contribution is 14.1. The van der Waals surface area contributed by atoms with E-state index < -0.39 is 5.91 Å². The molecule has 6 heteroatoms. The molecule has 0 radical (unpaired) electrons. The number of phenolic OH excluding ortho intramolecular Hbond substituents is 1. The molecule has 2 aromatic carbocycles. The number of nitrogens with one attached hydrogen (secondary N) is 1. The van der Waals surface area contributed by atoms with Gasteiger partial charge in [-0.05, 0) is 52.4 Å². The van der Waals surface area contributed by atoms with Gasteiger partial charge in [0, 0.05) is 9.64 Å². The number of ether oxygens (including phenoxy) is 1. The highest BCUT2D eigenvalue weighted by Crippen LogP contribution is 2.23. The lowest BCUT2D eigenvalue weighted by atomic mass is 10.2. The van der Waals surface area contributed by atoms with Crippen molar-refractivity contribution in [2.24, 2.45) is 5.10 Å². The van der Waals surface area contributed by atoms with Crippen molar-refractivity contribution in [3.63, 3.8) is 0 Å². The maximum Gasteiger partial charge on any atom is 0.275 e. The predicted octanol–water partition coefficient (Wildman–Crippen LogP) is 2.77. The third-order valence-electron chi connectivity index (χ3n) is 2.68. The molecule has 21 heavy (non-hydrogen) atoms. The molecule has 5 nitrogen and oxygen atoms in total. The van der Waals surface area contributed by atoms with Crippen LogP contribution in [-0.2, 0) is 0 Å². The van der Waals surface area contributed by atoms with E-state index in [1.54, 1.807) is 12.3 Å². The Bertz CT molecular complexity index is 686. The number of carbonyl (C=O) groups excluding carboxylic acids is 1. The van der Waals surface area contributed by atoms with E-state index in [1.165, 1.54) is 19.2 Å². The molecule has 0 heterocycles. The topological polar surface area (TPSA) is 70.9 Å². The fraction of sp³-hybridized carbons (Fsp3) is 0.0667.